The van der Waals surface area contributed by atoms with E-state index in [9.17, 15) is 4.79 Å². The standard InChI is InChI=1S/C14H28N2O/c1-14(2,3)7-10-16(4)13(17)11-12-5-8-15-9-6-12/h12,15H,5-11H2,1-4H3. The van der Waals surface area contributed by atoms with Crippen molar-refractivity contribution >= 4 is 5.91 Å². The van der Waals surface area contributed by atoms with Crippen molar-refractivity contribution in [3.8, 4) is 0 Å². The number of nitrogens with zero attached hydrogens (tertiary/aromatic N) is 1. The summed E-state index contributed by atoms with van der Waals surface area (Å²) in [6.45, 7) is 9.69. The second-order valence-electron chi connectivity index (χ2n) is 6.52. The van der Waals surface area contributed by atoms with E-state index in [0.29, 0.717) is 17.2 Å². The molecule has 1 rings (SSSR count). The third-order valence-corrected chi connectivity index (χ3v) is 3.54. The minimum atomic E-state index is 0.309. The number of amides is 1. The maximum Gasteiger partial charge on any atom is 0.222 e. The van der Waals surface area contributed by atoms with Gasteiger partial charge in [-0.25, -0.2) is 0 Å². The van der Waals surface area contributed by atoms with Gasteiger partial charge in [-0.1, -0.05) is 20.8 Å². The van der Waals surface area contributed by atoms with Crippen LogP contribution in [0.1, 0.15) is 46.5 Å². The van der Waals surface area contributed by atoms with Gasteiger partial charge in [0, 0.05) is 20.0 Å². The van der Waals surface area contributed by atoms with Gasteiger partial charge in [-0.05, 0) is 43.7 Å². The highest BCUT2D eigenvalue weighted by Gasteiger charge is 2.20. The number of carbonyl (C=O) groups is 1. The second-order valence-corrected chi connectivity index (χ2v) is 6.52. The summed E-state index contributed by atoms with van der Waals surface area (Å²) in [4.78, 5) is 13.9. The molecule has 100 valence electrons. The van der Waals surface area contributed by atoms with Gasteiger partial charge in [0.2, 0.25) is 5.91 Å². The fourth-order valence-corrected chi connectivity index (χ4v) is 2.12. The maximum absolute atomic E-state index is 12.0. The summed E-state index contributed by atoms with van der Waals surface area (Å²) < 4.78 is 0. The van der Waals surface area contributed by atoms with Gasteiger partial charge in [-0.3, -0.25) is 4.79 Å². The van der Waals surface area contributed by atoms with Crippen molar-refractivity contribution < 1.29 is 4.79 Å². The summed E-state index contributed by atoms with van der Waals surface area (Å²) in [6.07, 6.45) is 4.11. The van der Waals surface area contributed by atoms with Crippen molar-refractivity contribution in [3.63, 3.8) is 0 Å². The van der Waals surface area contributed by atoms with Crippen molar-refractivity contribution in [2.24, 2.45) is 11.3 Å². The van der Waals surface area contributed by atoms with Crippen LogP contribution in [-0.2, 0) is 4.79 Å². The summed E-state index contributed by atoms with van der Waals surface area (Å²) in [5.74, 6) is 0.919. The molecule has 0 radical (unpaired) electrons. The second kappa shape index (κ2) is 6.39. The Morgan fingerprint density at radius 1 is 1.29 bits per heavy atom. The minimum Gasteiger partial charge on any atom is -0.346 e. The molecule has 0 unspecified atom stereocenters. The van der Waals surface area contributed by atoms with Gasteiger partial charge in [0.25, 0.3) is 0 Å². The highest BCUT2D eigenvalue weighted by atomic mass is 16.2. The van der Waals surface area contributed by atoms with Gasteiger partial charge in [0.1, 0.15) is 0 Å². The Balaban J connectivity index is 2.26. The highest BCUT2D eigenvalue weighted by Crippen LogP contribution is 2.20. The third-order valence-electron chi connectivity index (χ3n) is 3.54. The van der Waals surface area contributed by atoms with E-state index >= 15 is 0 Å². The van der Waals surface area contributed by atoms with Crippen molar-refractivity contribution in [2.75, 3.05) is 26.7 Å². The molecular weight excluding hydrogens is 212 g/mol. The first-order valence-electron chi connectivity index (χ1n) is 6.83. The van der Waals surface area contributed by atoms with Crippen LogP contribution in [0.2, 0.25) is 0 Å². The zero-order valence-corrected chi connectivity index (χ0v) is 11.9. The quantitative estimate of drug-likeness (QED) is 0.817. The predicted molar refractivity (Wildman–Crippen MR) is 71.9 cm³/mol. The number of hydrogen-bond acceptors (Lipinski definition) is 2. The van der Waals surface area contributed by atoms with Crippen LogP contribution in [0.3, 0.4) is 0 Å². The van der Waals surface area contributed by atoms with E-state index in [2.05, 4.69) is 26.1 Å². The summed E-state index contributed by atoms with van der Waals surface area (Å²) in [6, 6.07) is 0. The van der Waals surface area contributed by atoms with Gasteiger partial charge >= 0.3 is 0 Å². The fraction of sp³-hybridized carbons (Fsp3) is 0.929. The summed E-state index contributed by atoms with van der Waals surface area (Å²) in [7, 11) is 1.94. The maximum atomic E-state index is 12.0. The zero-order chi connectivity index (χ0) is 12.9. The van der Waals surface area contributed by atoms with E-state index in [1.54, 1.807) is 0 Å². The smallest absolute Gasteiger partial charge is 0.222 e. The van der Waals surface area contributed by atoms with Crippen LogP contribution in [0.15, 0.2) is 0 Å². The lowest BCUT2D eigenvalue weighted by Gasteiger charge is -2.27. The van der Waals surface area contributed by atoms with Gasteiger partial charge < -0.3 is 10.2 Å². The molecule has 1 aliphatic rings. The monoisotopic (exact) mass is 240 g/mol. The van der Waals surface area contributed by atoms with Gasteiger partial charge in [-0.2, -0.15) is 0 Å². The molecule has 0 aromatic rings. The average Bonchev–Trinajstić information content (AvgIpc) is 2.26. The van der Waals surface area contributed by atoms with Crippen molar-refractivity contribution in [3.05, 3.63) is 0 Å². The number of nitrogens with one attached hydrogen (secondary N) is 1. The van der Waals surface area contributed by atoms with Crippen LogP contribution in [0.25, 0.3) is 0 Å². The van der Waals surface area contributed by atoms with Crippen LogP contribution in [0.5, 0.6) is 0 Å². The fourth-order valence-electron chi connectivity index (χ4n) is 2.12. The van der Waals surface area contributed by atoms with E-state index in [1.165, 1.54) is 0 Å². The number of rotatable bonds is 4. The predicted octanol–water partition coefficient (Wildman–Crippen LogP) is 2.27. The molecule has 0 aliphatic carbocycles. The summed E-state index contributed by atoms with van der Waals surface area (Å²) in [5, 5.41) is 3.34. The molecule has 1 saturated heterocycles. The third kappa shape index (κ3) is 6.06. The molecule has 1 amide bonds. The van der Waals surface area contributed by atoms with Crippen LogP contribution in [0.4, 0.5) is 0 Å². The number of carbonyl (C=O) groups excluding carboxylic acids is 1. The van der Waals surface area contributed by atoms with Crippen molar-refractivity contribution in [1.82, 2.24) is 10.2 Å². The van der Waals surface area contributed by atoms with E-state index < -0.39 is 0 Å². The van der Waals surface area contributed by atoms with Gasteiger partial charge in [0.15, 0.2) is 0 Å². The van der Waals surface area contributed by atoms with Crippen LogP contribution < -0.4 is 5.32 Å². The lowest BCUT2D eigenvalue weighted by atomic mass is 9.91. The van der Waals surface area contributed by atoms with Crippen LogP contribution >= 0.6 is 0 Å². The first-order valence-corrected chi connectivity index (χ1v) is 6.83. The average molecular weight is 240 g/mol. The molecule has 3 nitrogen and oxygen atoms in total. The van der Waals surface area contributed by atoms with Gasteiger partial charge in [-0.15, -0.1) is 0 Å². The minimum absolute atomic E-state index is 0.309. The van der Waals surface area contributed by atoms with E-state index in [1.807, 2.05) is 11.9 Å². The number of piperidine rings is 1. The molecule has 0 spiro atoms. The van der Waals surface area contributed by atoms with Crippen molar-refractivity contribution in [1.29, 1.82) is 0 Å². The summed E-state index contributed by atoms with van der Waals surface area (Å²) in [5.41, 5.74) is 0.309. The Kier molecular flexibility index (Phi) is 5.44. The van der Waals surface area contributed by atoms with E-state index in [4.69, 9.17) is 0 Å². The van der Waals surface area contributed by atoms with E-state index in [-0.39, 0.29) is 0 Å². The van der Waals surface area contributed by atoms with E-state index in [0.717, 1.165) is 45.3 Å². The van der Waals surface area contributed by atoms with Crippen molar-refractivity contribution in [2.45, 2.75) is 46.5 Å². The zero-order valence-electron chi connectivity index (χ0n) is 11.9. The van der Waals surface area contributed by atoms with Gasteiger partial charge in [0.05, 0.1) is 0 Å². The first-order chi connectivity index (χ1) is 7.88. The molecule has 0 aromatic heterocycles. The Morgan fingerprint density at radius 3 is 2.41 bits per heavy atom. The number of hydrogen-bond donors (Lipinski definition) is 1. The molecular formula is C14H28N2O. The Morgan fingerprint density at radius 2 is 1.88 bits per heavy atom. The SMILES string of the molecule is CN(CCC(C)(C)C)C(=O)CC1CCNCC1. The molecule has 17 heavy (non-hydrogen) atoms. The molecule has 1 N–H and O–H groups in total. The largest absolute Gasteiger partial charge is 0.346 e. The molecule has 0 aromatic carbocycles. The lowest BCUT2D eigenvalue weighted by molar-refractivity contribution is -0.131. The Labute approximate surface area is 106 Å². The van der Waals surface area contributed by atoms with Crippen LogP contribution in [0, 0.1) is 11.3 Å². The lowest BCUT2D eigenvalue weighted by Crippen LogP contribution is -2.34. The Hall–Kier alpha value is -0.570. The Bertz CT molecular complexity index is 239. The van der Waals surface area contributed by atoms with Crippen LogP contribution in [-0.4, -0.2) is 37.5 Å². The molecule has 0 bridgehead atoms. The molecule has 0 atom stereocenters. The molecule has 1 fully saturated rings. The molecule has 1 aliphatic heterocycles. The molecule has 3 heteroatoms. The molecule has 0 saturated carbocycles. The summed E-state index contributed by atoms with van der Waals surface area (Å²) >= 11 is 0. The molecule has 1 heterocycles. The highest BCUT2D eigenvalue weighted by molar-refractivity contribution is 5.76. The first kappa shape index (κ1) is 14.5. The normalized spacial score (nSPS) is 18.1. The topological polar surface area (TPSA) is 32.3 Å².